The second-order valence-corrected chi connectivity index (χ2v) is 1.67. The van der Waals surface area contributed by atoms with Crippen molar-refractivity contribution in [3.05, 3.63) is 17.8 Å². The molecule has 0 saturated carbocycles. The van der Waals surface area contributed by atoms with Crippen molar-refractivity contribution >= 4 is 5.97 Å². The number of aromatic hydroxyl groups is 1. The Hall–Kier alpha value is -1.72. The van der Waals surface area contributed by atoms with Crippen LogP contribution in [0, 0.1) is 5.95 Å². The Kier molecular flexibility index (Phi) is 1.67. The van der Waals surface area contributed by atoms with E-state index in [1.807, 2.05) is 0 Å². The van der Waals surface area contributed by atoms with Gasteiger partial charge in [0.05, 0.1) is 6.20 Å². The molecule has 0 aromatic carbocycles. The van der Waals surface area contributed by atoms with E-state index in [1.54, 1.807) is 0 Å². The van der Waals surface area contributed by atoms with Crippen molar-refractivity contribution in [2.45, 2.75) is 0 Å². The summed E-state index contributed by atoms with van der Waals surface area (Å²) >= 11 is 0. The quantitative estimate of drug-likeness (QED) is 0.601. The van der Waals surface area contributed by atoms with Crippen molar-refractivity contribution in [2.75, 3.05) is 0 Å². The fourth-order valence-electron chi connectivity index (χ4n) is 0.509. The predicted molar refractivity (Wildman–Crippen MR) is 30.6 cm³/mol. The Morgan fingerprint density at radius 1 is 1.64 bits per heavy atom. The normalized spacial score (nSPS) is 9.55. The van der Waals surface area contributed by atoms with Gasteiger partial charge in [0.1, 0.15) is 0 Å². The van der Waals surface area contributed by atoms with Gasteiger partial charge in [0.15, 0.2) is 0 Å². The first-order valence-electron chi connectivity index (χ1n) is 2.56. The maximum atomic E-state index is 12.1. The number of carboxylic acids is 1. The summed E-state index contributed by atoms with van der Waals surface area (Å²) in [5, 5.41) is 16.9. The van der Waals surface area contributed by atoms with Crippen molar-refractivity contribution in [1.29, 1.82) is 0 Å². The molecule has 58 valence electrons. The molecule has 1 aromatic heterocycles. The van der Waals surface area contributed by atoms with Crippen LogP contribution >= 0.6 is 0 Å². The molecule has 0 spiro atoms. The van der Waals surface area contributed by atoms with E-state index in [1.165, 1.54) is 0 Å². The van der Waals surface area contributed by atoms with Gasteiger partial charge in [-0.3, -0.25) is 0 Å². The van der Waals surface area contributed by atoms with Gasteiger partial charge in [-0.1, -0.05) is 0 Å². The number of halogens is 1. The predicted octanol–water partition coefficient (Wildman–Crippen LogP) is 0.0195. The third-order valence-corrected chi connectivity index (χ3v) is 0.927. The van der Waals surface area contributed by atoms with Crippen LogP contribution in [0.4, 0.5) is 4.39 Å². The molecule has 0 saturated heterocycles. The average molecular weight is 158 g/mol. The highest BCUT2D eigenvalue weighted by molar-refractivity contribution is 5.87. The van der Waals surface area contributed by atoms with Gasteiger partial charge in [-0.2, -0.15) is 9.37 Å². The van der Waals surface area contributed by atoms with Crippen molar-refractivity contribution in [2.24, 2.45) is 0 Å². The molecule has 6 heteroatoms. The van der Waals surface area contributed by atoms with Crippen LogP contribution in [-0.2, 0) is 0 Å². The van der Waals surface area contributed by atoms with Crippen LogP contribution in [0.15, 0.2) is 6.20 Å². The topological polar surface area (TPSA) is 83.3 Å². The van der Waals surface area contributed by atoms with Gasteiger partial charge in [0.2, 0.25) is 17.5 Å². The van der Waals surface area contributed by atoms with Crippen LogP contribution in [0.3, 0.4) is 0 Å². The standard InChI is InChI=1S/C5H3FN2O3/c6-2-1-7-3(5(10)11)4(9)8-2/h1H,(H,8,9)(H,10,11). The molecule has 0 aliphatic heterocycles. The number of nitrogens with zero attached hydrogens (tertiary/aromatic N) is 2. The van der Waals surface area contributed by atoms with Gasteiger partial charge in [-0.05, 0) is 0 Å². The Labute approximate surface area is 60.2 Å². The van der Waals surface area contributed by atoms with Crippen LogP contribution < -0.4 is 0 Å². The Morgan fingerprint density at radius 3 is 2.73 bits per heavy atom. The summed E-state index contributed by atoms with van der Waals surface area (Å²) in [7, 11) is 0. The number of carbonyl (C=O) groups is 1. The van der Waals surface area contributed by atoms with Gasteiger partial charge in [-0.15, -0.1) is 0 Å². The van der Waals surface area contributed by atoms with Gasteiger partial charge in [0.25, 0.3) is 0 Å². The molecule has 1 aromatic rings. The summed E-state index contributed by atoms with van der Waals surface area (Å²) in [6.45, 7) is 0. The SMILES string of the molecule is O=C(O)c1ncc(F)nc1O. The van der Waals surface area contributed by atoms with Crippen LogP contribution in [0.1, 0.15) is 10.5 Å². The molecular weight excluding hydrogens is 155 g/mol. The van der Waals surface area contributed by atoms with Crippen molar-refractivity contribution in [3.8, 4) is 5.88 Å². The lowest BCUT2D eigenvalue weighted by Crippen LogP contribution is -2.02. The number of hydrogen-bond acceptors (Lipinski definition) is 4. The molecule has 0 atom stereocenters. The molecule has 0 bridgehead atoms. The molecule has 1 rings (SSSR count). The lowest BCUT2D eigenvalue weighted by Gasteiger charge is -1.94. The number of carboxylic acid groups (broad SMARTS) is 1. The maximum absolute atomic E-state index is 12.1. The van der Waals surface area contributed by atoms with Crippen molar-refractivity contribution in [1.82, 2.24) is 9.97 Å². The average Bonchev–Trinajstić information content (AvgIpc) is 1.85. The fourth-order valence-corrected chi connectivity index (χ4v) is 0.509. The Morgan fingerprint density at radius 2 is 2.27 bits per heavy atom. The van der Waals surface area contributed by atoms with Gasteiger partial charge < -0.3 is 10.2 Å². The highest BCUT2D eigenvalue weighted by Crippen LogP contribution is 2.09. The summed E-state index contributed by atoms with van der Waals surface area (Å²) in [4.78, 5) is 16.1. The molecule has 11 heavy (non-hydrogen) atoms. The number of aromatic nitrogens is 2. The third kappa shape index (κ3) is 1.40. The summed E-state index contributed by atoms with van der Waals surface area (Å²) in [6.07, 6.45) is 0.614. The van der Waals surface area contributed by atoms with Crippen LogP contribution in [0.2, 0.25) is 0 Å². The first kappa shape index (κ1) is 7.39. The molecular formula is C5H3FN2O3. The summed E-state index contributed by atoms with van der Waals surface area (Å²) in [6, 6.07) is 0. The zero-order chi connectivity index (χ0) is 8.43. The fraction of sp³-hybridized carbons (Fsp3) is 0. The van der Waals surface area contributed by atoms with Crippen LogP contribution in [-0.4, -0.2) is 26.2 Å². The maximum Gasteiger partial charge on any atom is 0.360 e. The smallest absolute Gasteiger partial charge is 0.360 e. The molecule has 0 aliphatic carbocycles. The van der Waals surface area contributed by atoms with E-state index in [-0.39, 0.29) is 0 Å². The zero-order valence-electron chi connectivity index (χ0n) is 5.15. The lowest BCUT2D eigenvalue weighted by molar-refractivity contribution is 0.0685. The molecule has 1 heterocycles. The monoisotopic (exact) mass is 158 g/mol. The first-order chi connectivity index (χ1) is 5.11. The second kappa shape index (κ2) is 2.49. The van der Waals surface area contributed by atoms with Gasteiger partial charge >= 0.3 is 5.97 Å². The Balaban J connectivity index is 3.20. The van der Waals surface area contributed by atoms with Gasteiger partial charge in [-0.25, -0.2) is 9.78 Å². The molecule has 0 amide bonds. The van der Waals surface area contributed by atoms with E-state index >= 15 is 0 Å². The number of aromatic carboxylic acids is 1. The molecule has 5 nitrogen and oxygen atoms in total. The second-order valence-electron chi connectivity index (χ2n) is 1.67. The first-order valence-corrected chi connectivity index (χ1v) is 2.56. The van der Waals surface area contributed by atoms with E-state index in [0.29, 0.717) is 6.20 Å². The largest absolute Gasteiger partial charge is 0.491 e. The van der Waals surface area contributed by atoms with Crippen LogP contribution in [0.5, 0.6) is 5.88 Å². The summed E-state index contributed by atoms with van der Waals surface area (Å²) in [5.41, 5.74) is -0.661. The van der Waals surface area contributed by atoms with E-state index in [0.717, 1.165) is 0 Å². The lowest BCUT2D eigenvalue weighted by atomic mass is 10.4. The molecule has 0 fully saturated rings. The van der Waals surface area contributed by atoms with Crippen LogP contribution in [0.25, 0.3) is 0 Å². The highest BCUT2D eigenvalue weighted by atomic mass is 19.1. The number of hydrogen-bond donors (Lipinski definition) is 2. The summed E-state index contributed by atoms with van der Waals surface area (Å²) < 4.78 is 12.1. The molecule has 0 unspecified atom stereocenters. The minimum Gasteiger partial charge on any atom is -0.491 e. The minimum atomic E-state index is -1.45. The zero-order valence-corrected chi connectivity index (χ0v) is 5.15. The van der Waals surface area contributed by atoms with Crippen molar-refractivity contribution < 1.29 is 19.4 Å². The van der Waals surface area contributed by atoms with E-state index in [2.05, 4.69) is 9.97 Å². The molecule has 2 N–H and O–H groups in total. The summed E-state index contributed by atoms with van der Waals surface area (Å²) in [5.74, 6) is -3.39. The number of rotatable bonds is 1. The van der Waals surface area contributed by atoms with E-state index in [9.17, 15) is 9.18 Å². The van der Waals surface area contributed by atoms with E-state index in [4.69, 9.17) is 10.2 Å². The third-order valence-electron chi connectivity index (χ3n) is 0.927. The van der Waals surface area contributed by atoms with E-state index < -0.39 is 23.5 Å². The van der Waals surface area contributed by atoms with Crippen molar-refractivity contribution in [3.63, 3.8) is 0 Å². The minimum absolute atomic E-state index is 0.614. The van der Waals surface area contributed by atoms with Gasteiger partial charge in [0, 0.05) is 0 Å². The molecule has 0 radical (unpaired) electrons. The molecule has 0 aliphatic rings. The highest BCUT2D eigenvalue weighted by Gasteiger charge is 2.12. The Bertz CT molecular complexity index is 302.